The number of ether oxygens (including phenoxy) is 1. The van der Waals surface area contributed by atoms with Crippen LogP contribution in [-0.4, -0.2) is 30.5 Å². The lowest BCUT2D eigenvalue weighted by molar-refractivity contribution is -0.126. The third kappa shape index (κ3) is 3.95. The van der Waals surface area contributed by atoms with Gasteiger partial charge in [-0.3, -0.25) is 15.1 Å². The first-order valence-corrected chi connectivity index (χ1v) is 7.17. The van der Waals surface area contributed by atoms with Crippen molar-refractivity contribution in [2.75, 3.05) is 19.7 Å². The SMILES string of the molecule is CCOc1cccc(CN2CCCC(C(=O)NN)C2)c1. The van der Waals surface area contributed by atoms with E-state index in [1.807, 2.05) is 19.1 Å². The maximum absolute atomic E-state index is 11.6. The molecule has 3 N–H and O–H groups in total. The molecule has 2 rings (SSSR count). The van der Waals surface area contributed by atoms with Gasteiger partial charge in [0.2, 0.25) is 5.91 Å². The molecule has 0 aliphatic carbocycles. The van der Waals surface area contributed by atoms with E-state index in [4.69, 9.17) is 10.6 Å². The maximum atomic E-state index is 11.6. The second kappa shape index (κ2) is 7.26. The van der Waals surface area contributed by atoms with Crippen molar-refractivity contribution in [3.05, 3.63) is 29.8 Å². The highest BCUT2D eigenvalue weighted by Gasteiger charge is 2.25. The van der Waals surface area contributed by atoms with Gasteiger partial charge in [0.15, 0.2) is 0 Å². The summed E-state index contributed by atoms with van der Waals surface area (Å²) in [5, 5.41) is 0. The number of nitrogens with one attached hydrogen (secondary N) is 1. The smallest absolute Gasteiger partial charge is 0.238 e. The molecule has 1 heterocycles. The van der Waals surface area contributed by atoms with E-state index in [0.717, 1.165) is 38.2 Å². The molecule has 1 aromatic carbocycles. The van der Waals surface area contributed by atoms with E-state index < -0.39 is 0 Å². The number of hydrogen-bond acceptors (Lipinski definition) is 4. The molecule has 1 amide bonds. The molecule has 0 bridgehead atoms. The fourth-order valence-electron chi connectivity index (χ4n) is 2.69. The van der Waals surface area contributed by atoms with Gasteiger partial charge >= 0.3 is 0 Å². The van der Waals surface area contributed by atoms with Crippen molar-refractivity contribution in [2.45, 2.75) is 26.3 Å². The summed E-state index contributed by atoms with van der Waals surface area (Å²) in [4.78, 5) is 13.9. The van der Waals surface area contributed by atoms with E-state index in [0.29, 0.717) is 6.61 Å². The Morgan fingerprint density at radius 3 is 3.15 bits per heavy atom. The number of carbonyl (C=O) groups excluding carboxylic acids is 1. The largest absolute Gasteiger partial charge is 0.494 e. The third-order valence-corrected chi connectivity index (χ3v) is 3.63. The van der Waals surface area contributed by atoms with Gasteiger partial charge in [0, 0.05) is 13.1 Å². The molecule has 110 valence electrons. The van der Waals surface area contributed by atoms with Crippen molar-refractivity contribution < 1.29 is 9.53 Å². The molecular formula is C15H23N3O2. The molecule has 0 aromatic heterocycles. The molecule has 5 heteroatoms. The predicted octanol–water partition coefficient (Wildman–Crippen LogP) is 1.29. The number of carbonyl (C=O) groups is 1. The monoisotopic (exact) mass is 277 g/mol. The second-order valence-corrected chi connectivity index (χ2v) is 5.16. The number of amides is 1. The predicted molar refractivity (Wildman–Crippen MR) is 77.9 cm³/mol. The summed E-state index contributed by atoms with van der Waals surface area (Å²) in [6, 6.07) is 8.13. The first-order valence-electron chi connectivity index (χ1n) is 7.17. The van der Waals surface area contributed by atoms with Crippen molar-refractivity contribution in [3.63, 3.8) is 0 Å². The van der Waals surface area contributed by atoms with Crippen molar-refractivity contribution in [1.82, 2.24) is 10.3 Å². The van der Waals surface area contributed by atoms with Crippen LogP contribution in [0.15, 0.2) is 24.3 Å². The van der Waals surface area contributed by atoms with Crippen LogP contribution in [0.3, 0.4) is 0 Å². The Balaban J connectivity index is 1.95. The van der Waals surface area contributed by atoms with E-state index >= 15 is 0 Å². The zero-order valence-corrected chi connectivity index (χ0v) is 12.0. The standard InChI is InChI=1S/C15H23N3O2/c1-2-20-14-7-3-5-12(9-14)10-18-8-4-6-13(11-18)15(19)17-16/h3,5,7,9,13H,2,4,6,8,10-11,16H2,1H3,(H,17,19). The number of piperidine rings is 1. The zero-order chi connectivity index (χ0) is 14.4. The first kappa shape index (κ1) is 14.8. The summed E-state index contributed by atoms with van der Waals surface area (Å²) in [6.07, 6.45) is 1.95. The number of hydrazine groups is 1. The summed E-state index contributed by atoms with van der Waals surface area (Å²) in [7, 11) is 0. The number of likely N-dealkylation sites (tertiary alicyclic amines) is 1. The topological polar surface area (TPSA) is 67.6 Å². The zero-order valence-electron chi connectivity index (χ0n) is 12.0. The van der Waals surface area contributed by atoms with Crippen LogP contribution in [0.25, 0.3) is 0 Å². The molecule has 0 radical (unpaired) electrons. The number of nitrogens with zero attached hydrogens (tertiary/aromatic N) is 1. The van der Waals surface area contributed by atoms with Gasteiger partial charge in [-0.15, -0.1) is 0 Å². The van der Waals surface area contributed by atoms with Gasteiger partial charge in [-0.05, 0) is 44.0 Å². The van der Waals surface area contributed by atoms with Crippen LogP contribution in [0.5, 0.6) is 5.75 Å². The lowest BCUT2D eigenvalue weighted by atomic mass is 9.97. The van der Waals surface area contributed by atoms with Crippen molar-refractivity contribution >= 4 is 5.91 Å². The molecule has 1 aliphatic heterocycles. The average molecular weight is 277 g/mol. The highest BCUT2D eigenvalue weighted by atomic mass is 16.5. The Labute approximate surface area is 120 Å². The Bertz CT molecular complexity index is 450. The second-order valence-electron chi connectivity index (χ2n) is 5.16. The fraction of sp³-hybridized carbons (Fsp3) is 0.533. The minimum absolute atomic E-state index is 0.00354. The van der Waals surface area contributed by atoms with Gasteiger partial charge in [-0.1, -0.05) is 12.1 Å². The molecule has 20 heavy (non-hydrogen) atoms. The van der Waals surface area contributed by atoms with E-state index in [1.165, 1.54) is 5.56 Å². The van der Waals surface area contributed by atoms with Gasteiger partial charge in [-0.25, -0.2) is 5.84 Å². The highest BCUT2D eigenvalue weighted by molar-refractivity contribution is 5.78. The maximum Gasteiger partial charge on any atom is 0.238 e. The van der Waals surface area contributed by atoms with Gasteiger partial charge in [0.25, 0.3) is 0 Å². The van der Waals surface area contributed by atoms with E-state index in [1.54, 1.807) is 0 Å². The van der Waals surface area contributed by atoms with Gasteiger partial charge in [0.1, 0.15) is 5.75 Å². The molecule has 1 unspecified atom stereocenters. The molecule has 1 atom stereocenters. The van der Waals surface area contributed by atoms with Crippen LogP contribution >= 0.6 is 0 Å². The van der Waals surface area contributed by atoms with Crippen LogP contribution in [0.2, 0.25) is 0 Å². The summed E-state index contributed by atoms with van der Waals surface area (Å²) in [5.74, 6) is 6.07. The molecule has 1 aliphatic rings. The Morgan fingerprint density at radius 2 is 2.40 bits per heavy atom. The Hall–Kier alpha value is -1.59. The summed E-state index contributed by atoms with van der Waals surface area (Å²) >= 11 is 0. The minimum atomic E-state index is -0.0576. The number of nitrogens with two attached hydrogens (primary N) is 1. The van der Waals surface area contributed by atoms with Crippen LogP contribution < -0.4 is 16.0 Å². The quantitative estimate of drug-likeness (QED) is 0.483. The van der Waals surface area contributed by atoms with Crippen molar-refractivity contribution in [3.8, 4) is 5.75 Å². The summed E-state index contributed by atoms with van der Waals surface area (Å²) in [6.45, 7) is 5.28. The van der Waals surface area contributed by atoms with Gasteiger partial charge < -0.3 is 4.74 Å². The Kier molecular flexibility index (Phi) is 5.38. The minimum Gasteiger partial charge on any atom is -0.494 e. The van der Waals surface area contributed by atoms with Gasteiger partial charge in [0.05, 0.1) is 12.5 Å². The fourth-order valence-corrected chi connectivity index (χ4v) is 2.69. The molecule has 0 saturated carbocycles. The van der Waals surface area contributed by atoms with E-state index in [2.05, 4.69) is 22.5 Å². The third-order valence-electron chi connectivity index (χ3n) is 3.63. The van der Waals surface area contributed by atoms with Crippen molar-refractivity contribution in [2.24, 2.45) is 11.8 Å². The van der Waals surface area contributed by atoms with Crippen molar-refractivity contribution in [1.29, 1.82) is 0 Å². The number of benzene rings is 1. The van der Waals surface area contributed by atoms with E-state index in [9.17, 15) is 4.79 Å². The summed E-state index contributed by atoms with van der Waals surface area (Å²) < 4.78 is 5.51. The number of rotatable bonds is 5. The lowest BCUT2D eigenvalue weighted by Crippen LogP contribution is -2.44. The molecule has 1 saturated heterocycles. The van der Waals surface area contributed by atoms with Crippen LogP contribution in [-0.2, 0) is 11.3 Å². The Morgan fingerprint density at radius 1 is 1.55 bits per heavy atom. The number of hydrogen-bond donors (Lipinski definition) is 2. The lowest BCUT2D eigenvalue weighted by Gasteiger charge is -2.31. The molecule has 1 aromatic rings. The van der Waals surface area contributed by atoms with Gasteiger partial charge in [-0.2, -0.15) is 0 Å². The molecule has 0 spiro atoms. The molecule has 1 fully saturated rings. The highest BCUT2D eigenvalue weighted by Crippen LogP contribution is 2.20. The first-order chi connectivity index (χ1) is 9.72. The summed E-state index contributed by atoms with van der Waals surface area (Å²) in [5.41, 5.74) is 3.47. The van der Waals surface area contributed by atoms with Crippen LogP contribution in [0.4, 0.5) is 0 Å². The average Bonchev–Trinajstić information content (AvgIpc) is 2.47. The van der Waals surface area contributed by atoms with Crippen LogP contribution in [0, 0.1) is 5.92 Å². The normalized spacial score (nSPS) is 19.6. The van der Waals surface area contributed by atoms with E-state index in [-0.39, 0.29) is 11.8 Å². The molecule has 5 nitrogen and oxygen atoms in total. The molecular weight excluding hydrogens is 254 g/mol. The van der Waals surface area contributed by atoms with Crippen LogP contribution in [0.1, 0.15) is 25.3 Å².